The Balaban J connectivity index is 2.11. The third-order valence-corrected chi connectivity index (χ3v) is 3.32. The molecule has 0 bridgehead atoms. The number of benzene rings is 1. The lowest BCUT2D eigenvalue weighted by Crippen LogP contribution is -2.31. The zero-order valence-corrected chi connectivity index (χ0v) is 10.2. The number of hydrogen-bond acceptors (Lipinski definition) is 5. The van der Waals surface area contributed by atoms with E-state index >= 15 is 0 Å². The fourth-order valence-electron chi connectivity index (χ4n) is 2.21. The number of nitrogens with zero attached hydrogens (tertiary/aromatic N) is 3. The van der Waals surface area contributed by atoms with E-state index in [4.69, 9.17) is 10.4 Å². The molecule has 94 valence electrons. The highest BCUT2D eigenvalue weighted by atomic mass is 16.8. The van der Waals surface area contributed by atoms with E-state index in [9.17, 15) is 0 Å². The average Bonchev–Trinajstić information content (AvgIpc) is 2.78. The van der Waals surface area contributed by atoms with Crippen molar-refractivity contribution in [2.24, 2.45) is 0 Å². The zero-order valence-electron chi connectivity index (χ0n) is 10.2. The van der Waals surface area contributed by atoms with Gasteiger partial charge in [-0.2, -0.15) is 0 Å². The number of rotatable bonds is 3. The van der Waals surface area contributed by atoms with Gasteiger partial charge < -0.3 is 9.80 Å². The third kappa shape index (κ3) is 2.69. The van der Waals surface area contributed by atoms with Gasteiger partial charge in [-0.05, 0) is 38.7 Å². The van der Waals surface area contributed by atoms with Crippen molar-refractivity contribution in [3.8, 4) is 0 Å². The van der Waals surface area contributed by atoms with Gasteiger partial charge in [-0.3, -0.25) is 10.4 Å². The molecule has 1 aliphatic rings. The van der Waals surface area contributed by atoms with E-state index in [1.54, 1.807) is 12.1 Å². The van der Waals surface area contributed by atoms with Crippen LogP contribution in [0.15, 0.2) is 24.3 Å². The van der Waals surface area contributed by atoms with E-state index in [0.29, 0.717) is 11.7 Å². The van der Waals surface area contributed by atoms with Crippen molar-refractivity contribution < 1.29 is 10.4 Å². The van der Waals surface area contributed by atoms with Gasteiger partial charge in [-0.15, -0.1) is 5.23 Å². The Morgan fingerprint density at radius 3 is 2.65 bits per heavy atom. The first-order valence-corrected chi connectivity index (χ1v) is 5.77. The van der Waals surface area contributed by atoms with E-state index < -0.39 is 0 Å². The highest BCUT2D eigenvalue weighted by molar-refractivity contribution is 5.57. The van der Waals surface area contributed by atoms with Crippen LogP contribution in [0.2, 0.25) is 0 Å². The predicted molar refractivity (Wildman–Crippen MR) is 66.8 cm³/mol. The molecule has 0 aromatic heterocycles. The van der Waals surface area contributed by atoms with Crippen molar-refractivity contribution >= 4 is 11.4 Å². The van der Waals surface area contributed by atoms with E-state index in [1.807, 2.05) is 12.1 Å². The van der Waals surface area contributed by atoms with Crippen LogP contribution in [-0.4, -0.2) is 48.5 Å². The molecule has 1 unspecified atom stereocenters. The van der Waals surface area contributed by atoms with Gasteiger partial charge in [0.05, 0.1) is 5.69 Å². The Kier molecular flexibility index (Phi) is 3.51. The predicted octanol–water partition coefficient (Wildman–Crippen LogP) is 1.41. The molecular formula is C12H19N3O2. The van der Waals surface area contributed by atoms with Gasteiger partial charge in [-0.1, -0.05) is 6.07 Å². The second-order valence-electron chi connectivity index (χ2n) is 4.66. The van der Waals surface area contributed by atoms with Crippen LogP contribution in [0.1, 0.15) is 6.42 Å². The monoisotopic (exact) mass is 237 g/mol. The Morgan fingerprint density at radius 1 is 1.29 bits per heavy atom. The summed E-state index contributed by atoms with van der Waals surface area (Å²) in [5, 5.41) is 18.1. The molecule has 5 heteroatoms. The quantitative estimate of drug-likeness (QED) is 0.778. The summed E-state index contributed by atoms with van der Waals surface area (Å²) in [7, 11) is 4.18. The van der Waals surface area contributed by atoms with Gasteiger partial charge in [0.2, 0.25) is 0 Å². The van der Waals surface area contributed by atoms with Crippen LogP contribution in [0, 0.1) is 0 Å². The van der Waals surface area contributed by atoms with Crippen molar-refractivity contribution in [2.75, 3.05) is 37.3 Å². The molecule has 0 radical (unpaired) electrons. The van der Waals surface area contributed by atoms with Crippen LogP contribution in [-0.2, 0) is 0 Å². The van der Waals surface area contributed by atoms with E-state index in [2.05, 4.69) is 23.9 Å². The summed E-state index contributed by atoms with van der Waals surface area (Å²) in [6, 6.07) is 7.82. The van der Waals surface area contributed by atoms with Crippen molar-refractivity contribution in [1.82, 2.24) is 4.90 Å². The minimum Gasteiger partial charge on any atom is -0.370 e. The first-order valence-electron chi connectivity index (χ1n) is 5.77. The molecular weight excluding hydrogens is 218 g/mol. The fourth-order valence-corrected chi connectivity index (χ4v) is 2.21. The summed E-state index contributed by atoms with van der Waals surface area (Å²) in [6.45, 7) is 1.98. The summed E-state index contributed by atoms with van der Waals surface area (Å²) in [4.78, 5) is 4.49. The van der Waals surface area contributed by atoms with Crippen LogP contribution in [0.4, 0.5) is 11.4 Å². The molecule has 0 spiro atoms. The Hall–Kier alpha value is -1.30. The number of hydrogen-bond donors (Lipinski definition) is 2. The number of likely N-dealkylation sites (N-methyl/N-ethyl adjacent to an activating group) is 1. The van der Waals surface area contributed by atoms with Gasteiger partial charge in [-0.25, -0.2) is 0 Å². The Labute approximate surface area is 101 Å². The summed E-state index contributed by atoms with van der Waals surface area (Å²) >= 11 is 0. The van der Waals surface area contributed by atoms with Gasteiger partial charge in [0.1, 0.15) is 0 Å². The molecule has 2 N–H and O–H groups in total. The largest absolute Gasteiger partial charge is 0.370 e. The Bertz CT molecular complexity index is 382. The average molecular weight is 237 g/mol. The van der Waals surface area contributed by atoms with Crippen molar-refractivity contribution in [1.29, 1.82) is 0 Å². The van der Waals surface area contributed by atoms with E-state index in [-0.39, 0.29) is 5.23 Å². The summed E-state index contributed by atoms with van der Waals surface area (Å²) < 4.78 is 0. The van der Waals surface area contributed by atoms with Crippen LogP contribution in [0.3, 0.4) is 0 Å². The van der Waals surface area contributed by atoms with Gasteiger partial charge in [0, 0.05) is 24.8 Å². The molecule has 1 aromatic carbocycles. The van der Waals surface area contributed by atoms with E-state index in [1.165, 1.54) is 0 Å². The normalized spacial score (nSPS) is 20.1. The third-order valence-electron chi connectivity index (χ3n) is 3.32. The molecule has 5 nitrogen and oxygen atoms in total. The van der Waals surface area contributed by atoms with Gasteiger partial charge in [0.15, 0.2) is 0 Å². The minimum atomic E-state index is 0.156. The van der Waals surface area contributed by atoms with Crippen molar-refractivity contribution in [3.63, 3.8) is 0 Å². The van der Waals surface area contributed by atoms with Crippen LogP contribution >= 0.6 is 0 Å². The minimum absolute atomic E-state index is 0.156. The zero-order chi connectivity index (χ0) is 12.4. The lowest BCUT2D eigenvalue weighted by Gasteiger charge is -2.22. The topological polar surface area (TPSA) is 50.2 Å². The highest BCUT2D eigenvalue weighted by Gasteiger charge is 2.24. The van der Waals surface area contributed by atoms with E-state index in [0.717, 1.165) is 25.2 Å². The first kappa shape index (κ1) is 12.2. The molecule has 0 amide bonds. The van der Waals surface area contributed by atoms with Crippen molar-refractivity contribution in [3.05, 3.63) is 24.3 Å². The molecule has 1 atom stereocenters. The number of anilines is 2. The highest BCUT2D eigenvalue weighted by Crippen LogP contribution is 2.25. The summed E-state index contributed by atoms with van der Waals surface area (Å²) in [6.07, 6.45) is 1.14. The molecule has 1 heterocycles. The van der Waals surface area contributed by atoms with Crippen LogP contribution in [0.25, 0.3) is 0 Å². The molecule has 1 saturated heterocycles. The molecule has 0 saturated carbocycles. The summed E-state index contributed by atoms with van der Waals surface area (Å²) in [5.41, 5.74) is 1.41. The van der Waals surface area contributed by atoms with Crippen LogP contribution < -0.4 is 10.1 Å². The first-order chi connectivity index (χ1) is 8.08. The Morgan fingerprint density at radius 2 is 2.06 bits per heavy atom. The molecule has 0 aliphatic carbocycles. The molecule has 1 fully saturated rings. The lowest BCUT2D eigenvalue weighted by atomic mass is 10.2. The molecule has 1 aliphatic heterocycles. The molecule has 2 rings (SSSR count). The van der Waals surface area contributed by atoms with Crippen molar-refractivity contribution in [2.45, 2.75) is 12.5 Å². The summed E-state index contributed by atoms with van der Waals surface area (Å²) in [5.74, 6) is 0. The SMILES string of the molecule is CN(C)C1CCN(c2cccc(N(O)O)c2)C1. The molecule has 17 heavy (non-hydrogen) atoms. The fraction of sp³-hybridized carbons (Fsp3) is 0.500. The smallest absolute Gasteiger partial charge is 0.0963 e. The molecule has 1 aromatic rings. The maximum absolute atomic E-state index is 8.99. The second-order valence-corrected chi connectivity index (χ2v) is 4.66. The standard InChI is InChI=1S/C12H19N3O2/c1-13(2)12-6-7-14(9-12)10-4-3-5-11(8-10)15(16)17/h3-5,8,12,16-17H,6-7,9H2,1-2H3. The maximum atomic E-state index is 8.99. The second kappa shape index (κ2) is 4.91. The lowest BCUT2D eigenvalue weighted by molar-refractivity contribution is 0.0292. The van der Waals surface area contributed by atoms with Crippen LogP contribution in [0.5, 0.6) is 0 Å². The van der Waals surface area contributed by atoms with Gasteiger partial charge in [0.25, 0.3) is 0 Å². The maximum Gasteiger partial charge on any atom is 0.0963 e. The van der Waals surface area contributed by atoms with Gasteiger partial charge >= 0.3 is 0 Å².